The molecule has 0 aliphatic heterocycles. The number of carbonyl (C=O) groups is 1. The van der Waals surface area contributed by atoms with Crippen molar-refractivity contribution < 1.29 is 15.0 Å². The minimum atomic E-state index is -0.973. The normalized spacial score (nSPS) is 15.1. The SMILES string of the molecule is O=Cc1sccc1C(O)C(O)CCBr. The summed E-state index contributed by atoms with van der Waals surface area (Å²) in [7, 11) is 0. The molecule has 1 rings (SSSR count). The Labute approximate surface area is 94.5 Å². The lowest BCUT2D eigenvalue weighted by Crippen LogP contribution is -2.18. The van der Waals surface area contributed by atoms with Crippen molar-refractivity contribution in [3.8, 4) is 0 Å². The van der Waals surface area contributed by atoms with E-state index in [-0.39, 0.29) is 0 Å². The summed E-state index contributed by atoms with van der Waals surface area (Å²) in [6.45, 7) is 0. The van der Waals surface area contributed by atoms with Crippen LogP contribution in [0.4, 0.5) is 0 Å². The number of halogens is 1. The maximum Gasteiger partial charge on any atom is 0.160 e. The average molecular weight is 279 g/mol. The largest absolute Gasteiger partial charge is 0.390 e. The number of carbonyl (C=O) groups excluding carboxylic acids is 1. The second kappa shape index (κ2) is 5.60. The van der Waals surface area contributed by atoms with Gasteiger partial charge >= 0.3 is 0 Å². The van der Waals surface area contributed by atoms with Crippen LogP contribution in [-0.4, -0.2) is 27.9 Å². The van der Waals surface area contributed by atoms with Gasteiger partial charge in [0.1, 0.15) is 6.10 Å². The Morgan fingerprint density at radius 2 is 2.29 bits per heavy atom. The molecule has 0 saturated heterocycles. The number of aliphatic hydroxyl groups excluding tert-OH is 2. The molecular formula is C9H11BrO3S. The van der Waals surface area contributed by atoms with E-state index in [9.17, 15) is 15.0 Å². The Morgan fingerprint density at radius 3 is 2.86 bits per heavy atom. The zero-order chi connectivity index (χ0) is 10.6. The number of alkyl halides is 1. The van der Waals surface area contributed by atoms with Gasteiger partial charge < -0.3 is 10.2 Å². The Morgan fingerprint density at radius 1 is 1.57 bits per heavy atom. The van der Waals surface area contributed by atoms with Crippen LogP contribution in [0.25, 0.3) is 0 Å². The fourth-order valence-corrected chi connectivity index (χ4v) is 2.36. The summed E-state index contributed by atoms with van der Waals surface area (Å²) in [6, 6.07) is 1.66. The van der Waals surface area contributed by atoms with Gasteiger partial charge in [0.2, 0.25) is 0 Å². The van der Waals surface area contributed by atoms with Crippen molar-refractivity contribution in [2.75, 3.05) is 5.33 Å². The lowest BCUT2D eigenvalue weighted by atomic mass is 10.0. The van der Waals surface area contributed by atoms with Crippen LogP contribution in [0.3, 0.4) is 0 Å². The summed E-state index contributed by atoms with van der Waals surface area (Å²) in [5.41, 5.74) is 0.512. The number of aliphatic hydroxyl groups is 2. The summed E-state index contributed by atoms with van der Waals surface area (Å²) in [5, 5.41) is 21.6. The first-order valence-electron chi connectivity index (χ1n) is 4.15. The standard InChI is InChI=1S/C9H11BrO3S/c10-3-1-7(12)9(13)6-2-4-14-8(6)5-11/h2,4-5,7,9,12-13H,1,3H2. The fourth-order valence-electron chi connectivity index (χ4n) is 1.15. The maximum atomic E-state index is 10.6. The van der Waals surface area contributed by atoms with Gasteiger partial charge in [-0.3, -0.25) is 4.79 Å². The van der Waals surface area contributed by atoms with Crippen molar-refractivity contribution in [2.24, 2.45) is 0 Å². The molecule has 14 heavy (non-hydrogen) atoms. The molecule has 0 aliphatic carbocycles. The van der Waals surface area contributed by atoms with Gasteiger partial charge in [0.05, 0.1) is 11.0 Å². The molecule has 5 heteroatoms. The van der Waals surface area contributed by atoms with Crippen molar-refractivity contribution in [1.29, 1.82) is 0 Å². The predicted octanol–water partition coefficient (Wildman–Crippen LogP) is 1.74. The fraction of sp³-hybridized carbons (Fsp3) is 0.444. The van der Waals surface area contributed by atoms with E-state index in [4.69, 9.17) is 0 Å². The Balaban J connectivity index is 2.77. The number of rotatable bonds is 5. The molecule has 2 atom stereocenters. The molecule has 0 saturated carbocycles. The van der Waals surface area contributed by atoms with E-state index < -0.39 is 12.2 Å². The molecule has 0 amide bonds. The van der Waals surface area contributed by atoms with Crippen molar-refractivity contribution in [3.63, 3.8) is 0 Å². The molecule has 78 valence electrons. The van der Waals surface area contributed by atoms with Gasteiger partial charge in [-0.1, -0.05) is 15.9 Å². The van der Waals surface area contributed by atoms with Crippen LogP contribution in [-0.2, 0) is 0 Å². The summed E-state index contributed by atoms with van der Waals surface area (Å²) in [4.78, 5) is 11.1. The highest BCUT2D eigenvalue weighted by Gasteiger charge is 2.20. The molecule has 0 aliphatic rings. The van der Waals surface area contributed by atoms with Gasteiger partial charge in [-0.15, -0.1) is 11.3 Å². The zero-order valence-corrected chi connectivity index (χ0v) is 9.79. The minimum Gasteiger partial charge on any atom is -0.390 e. The van der Waals surface area contributed by atoms with Crippen molar-refractivity contribution >= 4 is 33.6 Å². The smallest absolute Gasteiger partial charge is 0.160 e. The van der Waals surface area contributed by atoms with Gasteiger partial charge in [0.15, 0.2) is 6.29 Å². The first-order valence-corrected chi connectivity index (χ1v) is 6.15. The third-order valence-corrected chi connectivity index (χ3v) is 3.24. The minimum absolute atomic E-state index is 0.454. The van der Waals surface area contributed by atoms with Crippen LogP contribution >= 0.6 is 27.3 Å². The van der Waals surface area contributed by atoms with E-state index in [0.717, 1.165) is 0 Å². The summed E-state index contributed by atoms with van der Waals surface area (Å²) in [5.74, 6) is 0. The van der Waals surface area contributed by atoms with Crippen LogP contribution in [0.5, 0.6) is 0 Å². The highest BCUT2D eigenvalue weighted by atomic mass is 79.9. The molecule has 2 unspecified atom stereocenters. The highest BCUT2D eigenvalue weighted by molar-refractivity contribution is 9.09. The number of aldehydes is 1. The molecule has 0 aromatic carbocycles. The molecule has 1 heterocycles. The number of thiophene rings is 1. The van der Waals surface area contributed by atoms with E-state index in [1.165, 1.54) is 11.3 Å². The molecular weight excluding hydrogens is 268 g/mol. The molecule has 0 bridgehead atoms. The topological polar surface area (TPSA) is 57.5 Å². The van der Waals surface area contributed by atoms with Crippen LogP contribution in [0.1, 0.15) is 27.8 Å². The van der Waals surface area contributed by atoms with Crippen LogP contribution in [0.15, 0.2) is 11.4 Å². The monoisotopic (exact) mass is 278 g/mol. The lowest BCUT2D eigenvalue weighted by Gasteiger charge is -2.16. The van der Waals surface area contributed by atoms with Crippen LogP contribution in [0, 0.1) is 0 Å². The molecule has 1 aromatic heterocycles. The molecule has 0 fully saturated rings. The second-order valence-corrected chi connectivity index (χ2v) is 4.59. The number of hydrogen-bond donors (Lipinski definition) is 2. The summed E-state index contributed by atoms with van der Waals surface area (Å²) in [6.07, 6.45) is -0.652. The van der Waals surface area contributed by atoms with Gasteiger partial charge in [-0.2, -0.15) is 0 Å². The van der Waals surface area contributed by atoms with Crippen LogP contribution in [0.2, 0.25) is 0 Å². The van der Waals surface area contributed by atoms with E-state index in [1.54, 1.807) is 11.4 Å². The number of hydrogen-bond acceptors (Lipinski definition) is 4. The van der Waals surface area contributed by atoms with Gasteiger partial charge in [-0.05, 0) is 17.9 Å². The Hall–Kier alpha value is -0.230. The van der Waals surface area contributed by atoms with E-state index in [1.807, 2.05) is 0 Å². The summed E-state index contributed by atoms with van der Waals surface area (Å²) < 4.78 is 0. The van der Waals surface area contributed by atoms with Crippen molar-refractivity contribution in [2.45, 2.75) is 18.6 Å². The molecule has 2 N–H and O–H groups in total. The molecule has 0 radical (unpaired) electrons. The molecule has 3 nitrogen and oxygen atoms in total. The van der Waals surface area contributed by atoms with Gasteiger partial charge in [0, 0.05) is 10.9 Å². The van der Waals surface area contributed by atoms with Crippen molar-refractivity contribution in [3.05, 3.63) is 21.9 Å². The van der Waals surface area contributed by atoms with Gasteiger partial charge in [0.25, 0.3) is 0 Å². The quantitative estimate of drug-likeness (QED) is 0.637. The third-order valence-electron chi connectivity index (χ3n) is 1.92. The van der Waals surface area contributed by atoms with Crippen LogP contribution < -0.4 is 0 Å². The van der Waals surface area contributed by atoms with E-state index in [0.29, 0.717) is 28.5 Å². The van der Waals surface area contributed by atoms with E-state index in [2.05, 4.69) is 15.9 Å². The second-order valence-electron chi connectivity index (χ2n) is 2.85. The highest BCUT2D eigenvalue weighted by Crippen LogP contribution is 2.25. The lowest BCUT2D eigenvalue weighted by molar-refractivity contribution is 0.0173. The third kappa shape index (κ3) is 2.63. The first kappa shape index (κ1) is 11.8. The molecule has 1 aromatic rings. The average Bonchev–Trinajstić information content (AvgIpc) is 2.64. The Bertz CT molecular complexity index is 300. The first-order chi connectivity index (χ1) is 6.70. The maximum absolute atomic E-state index is 10.6. The molecule has 0 spiro atoms. The zero-order valence-electron chi connectivity index (χ0n) is 7.39. The van der Waals surface area contributed by atoms with Crippen molar-refractivity contribution in [1.82, 2.24) is 0 Å². The predicted molar refractivity (Wildman–Crippen MR) is 59.1 cm³/mol. The summed E-state index contributed by atoms with van der Waals surface area (Å²) >= 11 is 4.44. The Kier molecular flexibility index (Phi) is 4.74. The van der Waals surface area contributed by atoms with E-state index >= 15 is 0 Å². The van der Waals surface area contributed by atoms with Gasteiger partial charge in [-0.25, -0.2) is 0 Å².